The van der Waals surface area contributed by atoms with Crippen LogP contribution in [0, 0.1) is 0 Å². The highest BCUT2D eigenvalue weighted by molar-refractivity contribution is 9.10. The van der Waals surface area contributed by atoms with Crippen LogP contribution in [-0.2, 0) is 0 Å². The van der Waals surface area contributed by atoms with Gasteiger partial charge in [-0.2, -0.15) is 0 Å². The number of carbonyl (C=O) groups is 1. The summed E-state index contributed by atoms with van der Waals surface area (Å²) in [4.78, 5) is 17.8. The lowest BCUT2D eigenvalue weighted by atomic mass is 10.1. The summed E-state index contributed by atoms with van der Waals surface area (Å²) in [5.41, 5.74) is -0.536. The number of pyridine rings is 1. The molecule has 0 aliphatic carbocycles. The summed E-state index contributed by atoms with van der Waals surface area (Å²) in [7, 11) is 0. The molecule has 1 N–H and O–H groups in total. The third-order valence-corrected chi connectivity index (χ3v) is 2.85. The van der Waals surface area contributed by atoms with Crippen molar-refractivity contribution < 1.29 is 9.90 Å². The van der Waals surface area contributed by atoms with Crippen molar-refractivity contribution in [1.82, 2.24) is 9.88 Å². The van der Waals surface area contributed by atoms with Gasteiger partial charge in [-0.15, -0.1) is 0 Å². The maximum atomic E-state index is 12.2. The van der Waals surface area contributed by atoms with Crippen molar-refractivity contribution in [2.45, 2.75) is 26.4 Å². The molecule has 0 bridgehead atoms. The van der Waals surface area contributed by atoms with Crippen molar-refractivity contribution in [3.05, 3.63) is 28.5 Å². The zero-order valence-electron chi connectivity index (χ0n) is 10.3. The van der Waals surface area contributed by atoms with Gasteiger partial charge in [-0.3, -0.25) is 4.79 Å². The van der Waals surface area contributed by atoms with Crippen molar-refractivity contribution in [2.24, 2.45) is 0 Å². The average molecular weight is 301 g/mol. The largest absolute Gasteiger partial charge is 0.389 e. The Balaban J connectivity index is 2.91. The number of hydrogen-bond donors (Lipinski definition) is 1. The Hall–Kier alpha value is -0.940. The van der Waals surface area contributed by atoms with Gasteiger partial charge in [0.1, 0.15) is 5.69 Å². The maximum absolute atomic E-state index is 12.2. The standard InChI is InChI=1S/C12H17BrN2O2/c1-4-15(8-12(2,3)17)11(16)10-9(13)6-5-7-14-10/h5-7,17H,4,8H2,1-3H3. The van der Waals surface area contributed by atoms with Gasteiger partial charge in [0, 0.05) is 23.8 Å². The van der Waals surface area contributed by atoms with Gasteiger partial charge in [0.05, 0.1) is 5.60 Å². The van der Waals surface area contributed by atoms with Gasteiger partial charge in [-0.1, -0.05) is 0 Å². The van der Waals surface area contributed by atoms with E-state index in [1.165, 1.54) is 0 Å². The monoisotopic (exact) mass is 300 g/mol. The van der Waals surface area contributed by atoms with Crippen LogP contribution in [0.3, 0.4) is 0 Å². The van der Waals surface area contributed by atoms with Crippen LogP contribution in [0.5, 0.6) is 0 Å². The molecule has 94 valence electrons. The van der Waals surface area contributed by atoms with Gasteiger partial charge in [0.2, 0.25) is 0 Å². The van der Waals surface area contributed by atoms with E-state index in [-0.39, 0.29) is 12.5 Å². The molecule has 1 amide bonds. The number of nitrogens with zero attached hydrogens (tertiary/aromatic N) is 2. The second-order valence-electron chi connectivity index (χ2n) is 4.47. The highest BCUT2D eigenvalue weighted by Crippen LogP contribution is 2.16. The summed E-state index contributed by atoms with van der Waals surface area (Å²) in [5, 5.41) is 9.76. The number of rotatable bonds is 4. The van der Waals surface area contributed by atoms with E-state index in [1.807, 2.05) is 6.92 Å². The molecular weight excluding hydrogens is 284 g/mol. The SMILES string of the molecule is CCN(CC(C)(C)O)C(=O)c1ncccc1Br. The van der Waals surface area contributed by atoms with E-state index in [2.05, 4.69) is 20.9 Å². The zero-order valence-corrected chi connectivity index (χ0v) is 11.9. The third-order valence-electron chi connectivity index (χ3n) is 2.21. The molecular formula is C12H17BrN2O2. The Morgan fingerprint density at radius 1 is 1.59 bits per heavy atom. The molecule has 0 fully saturated rings. The van der Waals surface area contributed by atoms with E-state index < -0.39 is 5.60 Å². The number of amides is 1. The van der Waals surface area contributed by atoms with Crippen LogP contribution in [0.2, 0.25) is 0 Å². The number of carbonyl (C=O) groups excluding carboxylic acids is 1. The zero-order chi connectivity index (χ0) is 13.1. The van der Waals surface area contributed by atoms with Crippen molar-refractivity contribution in [1.29, 1.82) is 0 Å². The number of aliphatic hydroxyl groups is 1. The lowest BCUT2D eigenvalue weighted by molar-refractivity contribution is 0.0311. The van der Waals surface area contributed by atoms with E-state index in [9.17, 15) is 9.90 Å². The molecule has 1 aromatic rings. The molecule has 0 spiro atoms. The first kappa shape index (κ1) is 14.1. The predicted molar refractivity (Wildman–Crippen MR) is 69.8 cm³/mol. The Bertz CT molecular complexity index is 402. The number of halogens is 1. The first-order valence-corrected chi connectivity index (χ1v) is 6.26. The van der Waals surface area contributed by atoms with Crippen LogP contribution < -0.4 is 0 Å². The second-order valence-corrected chi connectivity index (χ2v) is 5.32. The van der Waals surface area contributed by atoms with Crippen molar-refractivity contribution in [3.8, 4) is 0 Å². The highest BCUT2D eigenvalue weighted by Gasteiger charge is 2.24. The molecule has 0 unspecified atom stereocenters. The van der Waals surface area contributed by atoms with E-state index in [0.29, 0.717) is 16.7 Å². The third kappa shape index (κ3) is 4.09. The fourth-order valence-corrected chi connectivity index (χ4v) is 1.91. The van der Waals surface area contributed by atoms with Crippen LogP contribution in [0.25, 0.3) is 0 Å². The van der Waals surface area contributed by atoms with Crippen molar-refractivity contribution in [3.63, 3.8) is 0 Å². The van der Waals surface area contributed by atoms with Crippen LogP contribution in [0.1, 0.15) is 31.3 Å². The first-order chi connectivity index (χ1) is 7.85. The molecule has 4 nitrogen and oxygen atoms in total. The molecule has 0 saturated heterocycles. The van der Waals surface area contributed by atoms with E-state index in [1.54, 1.807) is 37.1 Å². The Labute approximate surface area is 110 Å². The van der Waals surface area contributed by atoms with Gasteiger partial charge >= 0.3 is 0 Å². The van der Waals surface area contributed by atoms with Crippen molar-refractivity contribution in [2.75, 3.05) is 13.1 Å². The second kappa shape index (κ2) is 5.60. The Kier molecular flexibility index (Phi) is 4.65. The number of hydrogen-bond acceptors (Lipinski definition) is 3. The minimum Gasteiger partial charge on any atom is -0.389 e. The summed E-state index contributed by atoms with van der Waals surface area (Å²) in [6.07, 6.45) is 1.58. The molecule has 0 aliphatic heterocycles. The molecule has 0 aromatic carbocycles. The Morgan fingerprint density at radius 2 is 2.24 bits per heavy atom. The van der Waals surface area contributed by atoms with Crippen LogP contribution in [-0.4, -0.2) is 39.6 Å². The molecule has 0 saturated carbocycles. The summed E-state index contributed by atoms with van der Waals surface area (Å²) in [5.74, 6) is -0.179. The first-order valence-electron chi connectivity index (χ1n) is 5.47. The minimum atomic E-state index is -0.910. The lowest BCUT2D eigenvalue weighted by Crippen LogP contribution is -2.42. The fourth-order valence-electron chi connectivity index (χ4n) is 1.49. The number of likely N-dealkylation sites (N-methyl/N-ethyl adjacent to an activating group) is 1. The van der Waals surface area contributed by atoms with Gasteiger partial charge in [-0.05, 0) is 48.8 Å². The maximum Gasteiger partial charge on any atom is 0.273 e. The molecule has 1 aromatic heterocycles. The van der Waals surface area contributed by atoms with Gasteiger partial charge in [0.15, 0.2) is 0 Å². The van der Waals surface area contributed by atoms with E-state index in [4.69, 9.17) is 0 Å². The predicted octanol–water partition coefficient (Wildman–Crippen LogP) is 2.08. The highest BCUT2D eigenvalue weighted by atomic mass is 79.9. The van der Waals surface area contributed by atoms with Crippen LogP contribution in [0.4, 0.5) is 0 Å². The lowest BCUT2D eigenvalue weighted by Gasteiger charge is -2.28. The minimum absolute atomic E-state index is 0.179. The van der Waals surface area contributed by atoms with Crippen LogP contribution in [0.15, 0.2) is 22.8 Å². The molecule has 1 heterocycles. The van der Waals surface area contributed by atoms with Gasteiger partial charge in [-0.25, -0.2) is 4.98 Å². The molecule has 17 heavy (non-hydrogen) atoms. The quantitative estimate of drug-likeness (QED) is 0.926. The average Bonchev–Trinajstić information content (AvgIpc) is 2.24. The van der Waals surface area contributed by atoms with E-state index in [0.717, 1.165) is 0 Å². The van der Waals surface area contributed by atoms with Gasteiger partial charge in [0.25, 0.3) is 5.91 Å². The normalized spacial score (nSPS) is 11.4. The summed E-state index contributed by atoms with van der Waals surface area (Å²) in [6.45, 7) is 6.05. The summed E-state index contributed by atoms with van der Waals surface area (Å²) >= 11 is 3.30. The Morgan fingerprint density at radius 3 is 2.71 bits per heavy atom. The van der Waals surface area contributed by atoms with E-state index >= 15 is 0 Å². The molecule has 0 radical (unpaired) electrons. The smallest absolute Gasteiger partial charge is 0.273 e. The molecule has 5 heteroatoms. The van der Waals surface area contributed by atoms with Gasteiger partial charge < -0.3 is 10.0 Å². The molecule has 1 rings (SSSR count). The fraction of sp³-hybridized carbons (Fsp3) is 0.500. The van der Waals surface area contributed by atoms with Crippen molar-refractivity contribution >= 4 is 21.8 Å². The van der Waals surface area contributed by atoms with Crippen LogP contribution >= 0.6 is 15.9 Å². The molecule has 0 atom stereocenters. The topological polar surface area (TPSA) is 53.4 Å². The summed E-state index contributed by atoms with van der Waals surface area (Å²) in [6, 6.07) is 3.53. The number of aromatic nitrogens is 1. The summed E-state index contributed by atoms with van der Waals surface area (Å²) < 4.78 is 0.666. The molecule has 0 aliphatic rings.